The number of aliphatic imine (C=N–C) groups is 1. The molecule has 156 valence electrons. The summed E-state index contributed by atoms with van der Waals surface area (Å²) in [6.07, 6.45) is 3.62. The van der Waals surface area contributed by atoms with Gasteiger partial charge in [0.15, 0.2) is 5.96 Å². The van der Waals surface area contributed by atoms with E-state index in [9.17, 15) is 14.4 Å². The number of rotatable bonds is 8. The van der Waals surface area contributed by atoms with Gasteiger partial charge in [0, 0.05) is 32.7 Å². The van der Waals surface area contributed by atoms with Crippen molar-refractivity contribution in [3.8, 4) is 0 Å². The summed E-state index contributed by atoms with van der Waals surface area (Å²) in [6.45, 7) is 5.53. The minimum Gasteiger partial charge on any atom is -0.357 e. The van der Waals surface area contributed by atoms with Gasteiger partial charge in [-0.2, -0.15) is 0 Å². The zero-order valence-electron chi connectivity index (χ0n) is 16.9. The van der Waals surface area contributed by atoms with Gasteiger partial charge in [-0.05, 0) is 44.7 Å². The van der Waals surface area contributed by atoms with Crippen molar-refractivity contribution in [2.24, 2.45) is 4.99 Å². The summed E-state index contributed by atoms with van der Waals surface area (Å²) in [5.41, 5.74) is 0.972. The maximum atomic E-state index is 12.3. The zero-order valence-corrected chi connectivity index (χ0v) is 16.9. The van der Waals surface area contributed by atoms with E-state index in [1.807, 2.05) is 11.8 Å². The highest BCUT2D eigenvalue weighted by molar-refractivity contribution is 6.21. The Morgan fingerprint density at radius 1 is 1.03 bits per heavy atom. The monoisotopic (exact) mass is 399 g/mol. The SMILES string of the molecule is CCNC(=NCC(=O)N1CCCC1)NCCCCN1C(=O)c2ccccc2C1=O. The van der Waals surface area contributed by atoms with E-state index in [2.05, 4.69) is 15.6 Å². The number of guanidine groups is 1. The molecule has 2 heterocycles. The summed E-state index contributed by atoms with van der Waals surface area (Å²) in [6, 6.07) is 6.93. The van der Waals surface area contributed by atoms with E-state index in [0.717, 1.165) is 32.4 Å². The van der Waals surface area contributed by atoms with Crippen LogP contribution in [0.25, 0.3) is 0 Å². The Labute approximate surface area is 171 Å². The first-order valence-electron chi connectivity index (χ1n) is 10.4. The van der Waals surface area contributed by atoms with E-state index in [4.69, 9.17) is 0 Å². The van der Waals surface area contributed by atoms with Crippen molar-refractivity contribution in [3.05, 3.63) is 35.4 Å². The van der Waals surface area contributed by atoms with Crippen LogP contribution < -0.4 is 10.6 Å². The third-order valence-corrected chi connectivity index (χ3v) is 5.15. The second-order valence-corrected chi connectivity index (χ2v) is 7.22. The molecule has 8 heteroatoms. The molecule has 0 saturated carbocycles. The van der Waals surface area contributed by atoms with Crippen LogP contribution in [-0.4, -0.2) is 72.7 Å². The van der Waals surface area contributed by atoms with E-state index in [1.54, 1.807) is 24.3 Å². The molecule has 1 fully saturated rings. The van der Waals surface area contributed by atoms with Crippen LogP contribution in [0.3, 0.4) is 0 Å². The molecule has 8 nitrogen and oxygen atoms in total. The molecule has 3 rings (SSSR count). The summed E-state index contributed by atoms with van der Waals surface area (Å²) in [4.78, 5) is 44.4. The molecule has 0 radical (unpaired) electrons. The van der Waals surface area contributed by atoms with Gasteiger partial charge in [0.25, 0.3) is 11.8 Å². The fraction of sp³-hybridized carbons (Fsp3) is 0.524. The molecular weight excluding hydrogens is 370 g/mol. The standard InChI is InChI=1S/C21H29N5O3/c1-2-22-21(24-15-18(27)25-12-7-8-13-25)23-11-5-6-14-26-19(28)16-9-3-4-10-17(16)20(26)29/h3-4,9-10H,2,5-8,11-15H2,1H3,(H2,22,23,24). The Morgan fingerprint density at radius 3 is 2.31 bits per heavy atom. The number of nitrogens with zero attached hydrogens (tertiary/aromatic N) is 3. The van der Waals surface area contributed by atoms with Crippen LogP contribution in [0.5, 0.6) is 0 Å². The number of carbonyl (C=O) groups excluding carboxylic acids is 3. The number of amides is 3. The number of unbranched alkanes of at least 4 members (excludes halogenated alkanes) is 1. The summed E-state index contributed by atoms with van der Waals surface area (Å²) < 4.78 is 0. The van der Waals surface area contributed by atoms with E-state index in [0.29, 0.717) is 43.1 Å². The number of benzene rings is 1. The van der Waals surface area contributed by atoms with Gasteiger partial charge in [-0.1, -0.05) is 12.1 Å². The van der Waals surface area contributed by atoms with E-state index >= 15 is 0 Å². The fourth-order valence-corrected chi connectivity index (χ4v) is 3.60. The summed E-state index contributed by atoms with van der Waals surface area (Å²) >= 11 is 0. The highest BCUT2D eigenvalue weighted by Crippen LogP contribution is 2.22. The van der Waals surface area contributed by atoms with Gasteiger partial charge in [0.1, 0.15) is 6.54 Å². The van der Waals surface area contributed by atoms with Gasteiger partial charge < -0.3 is 15.5 Å². The lowest BCUT2D eigenvalue weighted by Gasteiger charge is -2.16. The minimum atomic E-state index is -0.214. The van der Waals surface area contributed by atoms with Gasteiger partial charge >= 0.3 is 0 Å². The van der Waals surface area contributed by atoms with Gasteiger partial charge in [-0.25, -0.2) is 4.99 Å². The molecule has 0 spiro atoms. The third kappa shape index (κ3) is 5.13. The molecule has 1 aromatic carbocycles. The topological polar surface area (TPSA) is 94.1 Å². The smallest absolute Gasteiger partial charge is 0.261 e. The third-order valence-electron chi connectivity index (χ3n) is 5.15. The first-order valence-corrected chi connectivity index (χ1v) is 10.4. The molecule has 2 aliphatic rings. The zero-order chi connectivity index (χ0) is 20.6. The van der Waals surface area contributed by atoms with Crippen LogP contribution in [0.2, 0.25) is 0 Å². The Hall–Kier alpha value is -2.90. The lowest BCUT2D eigenvalue weighted by molar-refractivity contribution is -0.128. The van der Waals surface area contributed by atoms with Gasteiger partial charge in [0.05, 0.1) is 11.1 Å². The number of hydrogen-bond donors (Lipinski definition) is 2. The maximum absolute atomic E-state index is 12.3. The van der Waals surface area contributed by atoms with Crippen molar-refractivity contribution in [2.75, 3.05) is 39.3 Å². The predicted octanol–water partition coefficient (Wildman–Crippen LogP) is 1.24. The van der Waals surface area contributed by atoms with Crippen LogP contribution in [0.1, 0.15) is 53.3 Å². The molecule has 0 atom stereocenters. The number of nitrogens with one attached hydrogen (secondary N) is 2. The highest BCUT2D eigenvalue weighted by Gasteiger charge is 2.34. The number of fused-ring (bicyclic) bond motifs is 1. The molecule has 0 aromatic heterocycles. The Bertz CT molecular complexity index is 751. The largest absolute Gasteiger partial charge is 0.357 e. The lowest BCUT2D eigenvalue weighted by atomic mass is 10.1. The molecule has 2 N–H and O–H groups in total. The Kier molecular flexibility index (Phi) is 7.21. The minimum absolute atomic E-state index is 0.0605. The van der Waals surface area contributed by atoms with E-state index < -0.39 is 0 Å². The van der Waals surface area contributed by atoms with Crippen LogP contribution in [0.15, 0.2) is 29.3 Å². The van der Waals surface area contributed by atoms with Crippen molar-refractivity contribution in [1.82, 2.24) is 20.4 Å². The van der Waals surface area contributed by atoms with Crippen LogP contribution >= 0.6 is 0 Å². The molecule has 0 aliphatic carbocycles. The van der Waals surface area contributed by atoms with Crippen molar-refractivity contribution in [2.45, 2.75) is 32.6 Å². The first kappa shape index (κ1) is 20.8. The van der Waals surface area contributed by atoms with Gasteiger partial charge in [-0.15, -0.1) is 0 Å². The number of hydrogen-bond acceptors (Lipinski definition) is 4. The first-order chi connectivity index (χ1) is 14.1. The second-order valence-electron chi connectivity index (χ2n) is 7.22. The van der Waals surface area contributed by atoms with Crippen LogP contribution in [0.4, 0.5) is 0 Å². The number of imide groups is 1. The van der Waals surface area contributed by atoms with Crippen molar-refractivity contribution < 1.29 is 14.4 Å². The average molecular weight is 399 g/mol. The van der Waals surface area contributed by atoms with Crippen molar-refractivity contribution in [1.29, 1.82) is 0 Å². The summed E-state index contributed by atoms with van der Waals surface area (Å²) in [5.74, 6) is 0.244. The molecular formula is C21H29N5O3. The van der Waals surface area contributed by atoms with Gasteiger partial charge in [0.2, 0.25) is 5.91 Å². The van der Waals surface area contributed by atoms with Gasteiger partial charge in [-0.3, -0.25) is 19.3 Å². The molecule has 2 aliphatic heterocycles. The average Bonchev–Trinajstić information content (AvgIpc) is 3.35. The second kappa shape index (κ2) is 10.0. The summed E-state index contributed by atoms with van der Waals surface area (Å²) in [7, 11) is 0. The number of likely N-dealkylation sites (tertiary alicyclic amines) is 1. The fourth-order valence-electron chi connectivity index (χ4n) is 3.60. The normalized spacial score (nSPS) is 16.4. The molecule has 1 aromatic rings. The lowest BCUT2D eigenvalue weighted by Crippen LogP contribution is -2.39. The molecule has 0 unspecified atom stereocenters. The van der Waals surface area contributed by atoms with Crippen molar-refractivity contribution >= 4 is 23.7 Å². The van der Waals surface area contributed by atoms with E-state index in [1.165, 1.54) is 4.90 Å². The maximum Gasteiger partial charge on any atom is 0.261 e. The van der Waals surface area contributed by atoms with Crippen LogP contribution in [-0.2, 0) is 4.79 Å². The van der Waals surface area contributed by atoms with E-state index in [-0.39, 0.29) is 24.3 Å². The molecule has 1 saturated heterocycles. The molecule has 0 bridgehead atoms. The van der Waals surface area contributed by atoms with Crippen LogP contribution in [0, 0.1) is 0 Å². The molecule has 3 amide bonds. The molecule has 29 heavy (non-hydrogen) atoms. The Morgan fingerprint density at radius 2 is 1.69 bits per heavy atom. The summed E-state index contributed by atoms with van der Waals surface area (Å²) in [5, 5.41) is 6.35. The quantitative estimate of drug-likeness (QED) is 0.297. The number of carbonyl (C=O) groups is 3. The highest BCUT2D eigenvalue weighted by atomic mass is 16.2. The Balaban J connectivity index is 1.40. The predicted molar refractivity (Wildman–Crippen MR) is 111 cm³/mol. The van der Waals surface area contributed by atoms with Crippen molar-refractivity contribution in [3.63, 3.8) is 0 Å².